The Balaban J connectivity index is 1.55. The summed E-state index contributed by atoms with van der Waals surface area (Å²) in [6, 6.07) is 15.5. The molecule has 1 aliphatic rings. The highest BCUT2D eigenvalue weighted by atomic mass is 32.2. The van der Waals surface area contributed by atoms with Crippen LogP contribution in [0.25, 0.3) is 0 Å². The van der Waals surface area contributed by atoms with Crippen LogP contribution in [0.4, 0.5) is 21.5 Å². The zero-order valence-corrected chi connectivity index (χ0v) is 20.8. The van der Waals surface area contributed by atoms with E-state index in [9.17, 15) is 9.18 Å². The second kappa shape index (κ2) is 10.7. The number of hydrogen-bond acceptors (Lipinski definition) is 6. The Morgan fingerprint density at radius 1 is 0.943 bits per heavy atom. The number of halogens is 1. The van der Waals surface area contributed by atoms with E-state index < -0.39 is 0 Å². The van der Waals surface area contributed by atoms with Gasteiger partial charge in [0, 0.05) is 18.2 Å². The Hall–Kier alpha value is -3.65. The van der Waals surface area contributed by atoms with Crippen molar-refractivity contribution < 1.29 is 18.7 Å². The molecule has 8 heteroatoms. The molecule has 0 saturated heterocycles. The molecule has 0 fully saturated rings. The second-order valence-corrected chi connectivity index (χ2v) is 9.13. The highest BCUT2D eigenvalue weighted by Gasteiger charge is 2.18. The highest BCUT2D eigenvalue weighted by Crippen LogP contribution is 2.36. The molecule has 35 heavy (non-hydrogen) atoms. The fourth-order valence-corrected chi connectivity index (χ4v) is 4.39. The largest absolute Gasteiger partial charge is 0.493 e. The molecule has 0 atom stereocenters. The third kappa shape index (κ3) is 5.89. The summed E-state index contributed by atoms with van der Waals surface area (Å²) in [5.74, 6) is 0.821. The number of aryl methyl sites for hydroxylation is 2. The molecule has 1 N–H and O–H groups in total. The van der Waals surface area contributed by atoms with Gasteiger partial charge in [0.2, 0.25) is 5.91 Å². The number of nitrogens with zero attached hydrogens (tertiary/aromatic N) is 2. The molecule has 4 rings (SSSR count). The minimum Gasteiger partial charge on any atom is -0.493 e. The number of nitrogens with one attached hydrogen (secondary N) is 1. The van der Waals surface area contributed by atoms with Gasteiger partial charge in [-0.3, -0.25) is 9.79 Å². The van der Waals surface area contributed by atoms with Gasteiger partial charge in [-0.2, -0.15) is 0 Å². The fraction of sp³-hybridized carbons (Fsp3) is 0.222. The quantitative estimate of drug-likeness (QED) is 0.434. The average molecular weight is 492 g/mol. The number of rotatable bonds is 6. The molecule has 3 aromatic carbocycles. The number of thioether (sulfide) groups is 1. The molecule has 0 spiro atoms. The van der Waals surface area contributed by atoms with E-state index in [1.54, 1.807) is 44.6 Å². The predicted molar refractivity (Wildman–Crippen MR) is 141 cm³/mol. The first-order valence-corrected chi connectivity index (χ1v) is 12.0. The van der Waals surface area contributed by atoms with Crippen molar-refractivity contribution in [3.8, 4) is 11.5 Å². The summed E-state index contributed by atoms with van der Waals surface area (Å²) in [5, 5.41) is 3.65. The fourth-order valence-electron chi connectivity index (χ4n) is 3.62. The van der Waals surface area contributed by atoms with Crippen LogP contribution in [0.15, 0.2) is 64.6 Å². The van der Waals surface area contributed by atoms with Gasteiger partial charge in [-0.05, 0) is 66.9 Å². The normalized spacial score (nSPS) is 12.7. The van der Waals surface area contributed by atoms with E-state index in [0.717, 1.165) is 38.8 Å². The Kier molecular flexibility index (Phi) is 7.51. The molecule has 0 radical (unpaired) electrons. The molecule has 0 bridgehead atoms. The summed E-state index contributed by atoms with van der Waals surface area (Å²) >= 11 is 1.36. The monoisotopic (exact) mass is 491 g/mol. The number of methoxy groups -OCH3 is 2. The number of carbonyl (C=O) groups is 1. The molecule has 1 amide bonds. The van der Waals surface area contributed by atoms with Gasteiger partial charge >= 0.3 is 0 Å². The molecular weight excluding hydrogens is 465 g/mol. The van der Waals surface area contributed by atoms with Gasteiger partial charge in [0.1, 0.15) is 5.82 Å². The van der Waals surface area contributed by atoms with Crippen LogP contribution in [-0.2, 0) is 4.79 Å². The lowest BCUT2D eigenvalue weighted by Gasteiger charge is -2.11. The van der Waals surface area contributed by atoms with E-state index in [0.29, 0.717) is 23.6 Å². The first-order chi connectivity index (χ1) is 16.9. The maximum absolute atomic E-state index is 13.5. The van der Waals surface area contributed by atoms with Crippen molar-refractivity contribution in [1.82, 2.24) is 0 Å². The van der Waals surface area contributed by atoms with E-state index >= 15 is 0 Å². The van der Waals surface area contributed by atoms with Crippen molar-refractivity contribution in [3.63, 3.8) is 0 Å². The molecule has 1 aliphatic heterocycles. The van der Waals surface area contributed by atoms with E-state index in [1.165, 1.54) is 23.9 Å². The third-order valence-electron chi connectivity index (χ3n) is 5.62. The van der Waals surface area contributed by atoms with E-state index in [-0.39, 0.29) is 17.5 Å². The molecule has 0 saturated carbocycles. The third-order valence-corrected chi connectivity index (χ3v) is 6.60. The van der Waals surface area contributed by atoms with Crippen molar-refractivity contribution in [1.29, 1.82) is 0 Å². The van der Waals surface area contributed by atoms with Crippen LogP contribution < -0.4 is 14.8 Å². The topological polar surface area (TPSA) is 72.3 Å². The van der Waals surface area contributed by atoms with Gasteiger partial charge in [-0.1, -0.05) is 12.1 Å². The first kappa shape index (κ1) is 24.5. The molecule has 0 unspecified atom stereocenters. The second-order valence-electron chi connectivity index (χ2n) is 8.08. The smallest absolute Gasteiger partial charge is 0.234 e. The van der Waals surface area contributed by atoms with Crippen LogP contribution in [0, 0.1) is 19.7 Å². The van der Waals surface area contributed by atoms with Gasteiger partial charge in [0.25, 0.3) is 0 Å². The summed E-state index contributed by atoms with van der Waals surface area (Å²) in [6.07, 6.45) is 0.437. The maximum Gasteiger partial charge on any atom is 0.234 e. The lowest BCUT2D eigenvalue weighted by atomic mass is 10.1. The van der Waals surface area contributed by atoms with Crippen LogP contribution in [0.5, 0.6) is 11.5 Å². The number of hydrogen-bond donors (Lipinski definition) is 1. The van der Waals surface area contributed by atoms with Crippen LogP contribution in [0.3, 0.4) is 0 Å². The zero-order valence-electron chi connectivity index (χ0n) is 20.0. The molecular formula is C27H26FN3O3S. The van der Waals surface area contributed by atoms with Crippen LogP contribution in [0.2, 0.25) is 0 Å². The lowest BCUT2D eigenvalue weighted by Crippen LogP contribution is -2.16. The van der Waals surface area contributed by atoms with E-state index in [4.69, 9.17) is 19.5 Å². The van der Waals surface area contributed by atoms with Gasteiger partial charge in [0.05, 0.1) is 42.1 Å². The van der Waals surface area contributed by atoms with Gasteiger partial charge < -0.3 is 14.8 Å². The molecule has 0 aromatic heterocycles. The maximum atomic E-state index is 13.5. The minimum atomic E-state index is -0.301. The summed E-state index contributed by atoms with van der Waals surface area (Å²) in [6.45, 7) is 4.06. The van der Waals surface area contributed by atoms with Crippen molar-refractivity contribution in [3.05, 3.63) is 77.1 Å². The number of benzene rings is 3. The summed E-state index contributed by atoms with van der Waals surface area (Å²) in [4.78, 5) is 22.4. The minimum absolute atomic E-state index is 0.171. The summed E-state index contributed by atoms with van der Waals surface area (Å²) < 4.78 is 24.0. The van der Waals surface area contributed by atoms with Crippen molar-refractivity contribution in [2.24, 2.45) is 9.98 Å². The standard InChI is InChI=1S/C27H26FN3O3S/c1-16-11-22-23(12-17(16)2)31-27(14-21(30-22)18-5-7-19(28)8-6-18)35-15-26(32)29-20-9-10-24(33-3)25(13-20)34-4/h5-13H,14-15H2,1-4H3,(H,29,32). The average Bonchev–Trinajstić information content (AvgIpc) is 3.02. The first-order valence-electron chi connectivity index (χ1n) is 11.0. The Morgan fingerprint density at radius 3 is 2.26 bits per heavy atom. The van der Waals surface area contributed by atoms with Gasteiger partial charge in [-0.15, -0.1) is 11.8 Å². The Morgan fingerprint density at radius 2 is 1.60 bits per heavy atom. The van der Waals surface area contributed by atoms with Gasteiger partial charge in [0.15, 0.2) is 11.5 Å². The van der Waals surface area contributed by atoms with Crippen molar-refractivity contribution >= 4 is 45.5 Å². The summed E-state index contributed by atoms with van der Waals surface area (Å²) in [7, 11) is 3.11. The van der Waals surface area contributed by atoms with Crippen LogP contribution >= 0.6 is 11.8 Å². The number of anilines is 1. The Labute approximate surface area is 208 Å². The van der Waals surface area contributed by atoms with Gasteiger partial charge in [-0.25, -0.2) is 9.38 Å². The van der Waals surface area contributed by atoms with Crippen LogP contribution in [-0.4, -0.2) is 36.6 Å². The number of fused-ring (bicyclic) bond motifs is 1. The van der Waals surface area contributed by atoms with Crippen molar-refractivity contribution in [2.45, 2.75) is 20.3 Å². The highest BCUT2D eigenvalue weighted by molar-refractivity contribution is 8.14. The predicted octanol–water partition coefficient (Wildman–Crippen LogP) is 6.39. The van der Waals surface area contributed by atoms with E-state index in [2.05, 4.69) is 5.32 Å². The number of ether oxygens (including phenoxy) is 2. The number of aliphatic imine (C=N–C) groups is 2. The number of amides is 1. The molecule has 3 aromatic rings. The van der Waals surface area contributed by atoms with E-state index in [1.807, 2.05) is 26.0 Å². The Bertz CT molecular complexity index is 1320. The molecule has 180 valence electrons. The summed E-state index contributed by atoms with van der Waals surface area (Å²) in [5.41, 5.74) is 5.96. The van der Waals surface area contributed by atoms with Crippen LogP contribution in [0.1, 0.15) is 23.1 Å². The molecule has 1 heterocycles. The van der Waals surface area contributed by atoms with Crippen molar-refractivity contribution in [2.75, 3.05) is 25.3 Å². The molecule has 6 nitrogen and oxygen atoms in total. The number of carbonyl (C=O) groups excluding carboxylic acids is 1. The zero-order chi connectivity index (χ0) is 24.9. The molecule has 0 aliphatic carbocycles. The lowest BCUT2D eigenvalue weighted by molar-refractivity contribution is -0.113. The SMILES string of the molecule is COc1ccc(NC(=O)CSC2=Nc3cc(C)c(C)cc3N=C(c3ccc(F)cc3)C2)cc1OC.